The average Bonchev–Trinajstić information content (AvgIpc) is 3.02. The van der Waals surface area contributed by atoms with E-state index in [1.807, 2.05) is 6.07 Å². The minimum Gasteiger partial charge on any atom is -0.358 e. The summed E-state index contributed by atoms with van der Waals surface area (Å²) in [5, 5.41) is 1.03. The lowest BCUT2D eigenvalue weighted by Gasteiger charge is -2.28. The first kappa shape index (κ1) is 14.0. The predicted molar refractivity (Wildman–Crippen MR) is 87.7 cm³/mol. The Hall–Kier alpha value is -1.61. The Balaban J connectivity index is 1.83. The lowest BCUT2D eigenvalue weighted by atomic mass is 9.77. The van der Waals surface area contributed by atoms with Gasteiger partial charge in [-0.2, -0.15) is 0 Å². The molecule has 2 aliphatic carbocycles. The number of aromatic nitrogens is 1. The number of hydrogen-bond acceptors (Lipinski definition) is 2. The summed E-state index contributed by atoms with van der Waals surface area (Å²) in [6.45, 7) is 0. The van der Waals surface area contributed by atoms with Gasteiger partial charge in [0.15, 0.2) is 5.78 Å². The first-order valence-corrected chi connectivity index (χ1v) is 8.39. The van der Waals surface area contributed by atoms with Crippen LogP contribution in [-0.4, -0.2) is 10.8 Å². The van der Waals surface area contributed by atoms with Crippen molar-refractivity contribution in [2.75, 3.05) is 0 Å². The maximum atomic E-state index is 12.7. The minimum absolute atomic E-state index is 0.00118. The highest BCUT2D eigenvalue weighted by atomic mass is 35.5. The highest BCUT2D eigenvalue weighted by Gasteiger charge is 2.34. The van der Waals surface area contributed by atoms with E-state index >= 15 is 0 Å². The molecule has 0 aliphatic heterocycles. The van der Waals surface area contributed by atoms with Gasteiger partial charge in [0.05, 0.1) is 5.56 Å². The molecule has 1 saturated carbocycles. The summed E-state index contributed by atoms with van der Waals surface area (Å²) in [5.74, 6) is 1.03. The van der Waals surface area contributed by atoms with E-state index in [0.717, 1.165) is 17.6 Å². The summed E-state index contributed by atoms with van der Waals surface area (Å²) < 4.78 is 0. The van der Waals surface area contributed by atoms with Gasteiger partial charge >= 0.3 is 0 Å². The third-order valence-electron chi connectivity index (χ3n) is 5.30. The molecule has 0 bridgehead atoms. The van der Waals surface area contributed by atoms with Gasteiger partial charge in [0.25, 0.3) is 0 Å². The van der Waals surface area contributed by atoms with E-state index in [1.54, 1.807) is 12.1 Å². The molecule has 0 saturated heterocycles. The number of H-pyrrole nitrogens is 1. The average molecular weight is 316 g/mol. The molecule has 1 aromatic carbocycles. The molecule has 1 aromatic heterocycles. The van der Waals surface area contributed by atoms with Crippen molar-refractivity contribution in [3.05, 3.63) is 44.7 Å². The van der Waals surface area contributed by atoms with Crippen molar-refractivity contribution < 1.29 is 4.79 Å². The molecule has 2 aromatic rings. The predicted octanol–water partition coefficient (Wildman–Crippen LogP) is 4.12. The molecular formula is C18H18ClNO2. The van der Waals surface area contributed by atoms with Crippen molar-refractivity contribution in [3.8, 4) is 0 Å². The van der Waals surface area contributed by atoms with Crippen molar-refractivity contribution in [1.82, 2.24) is 4.98 Å². The van der Waals surface area contributed by atoms with Gasteiger partial charge in [-0.1, -0.05) is 37.3 Å². The largest absolute Gasteiger partial charge is 0.358 e. The number of ketones is 1. The quantitative estimate of drug-likeness (QED) is 0.860. The molecule has 3 nitrogen and oxygen atoms in total. The van der Waals surface area contributed by atoms with Crippen molar-refractivity contribution in [3.63, 3.8) is 0 Å². The van der Waals surface area contributed by atoms with Gasteiger partial charge in [-0.05, 0) is 36.5 Å². The third-order valence-corrected chi connectivity index (χ3v) is 5.53. The van der Waals surface area contributed by atoms with E-state index in [1.165, 1.54) is 25.7 Å². The Labute approximate surface area is 133 Å². The van der Waals surface area contributed by atoms with E-state index in [4.69, 9.17) is 11.6 Å². The fraction of sp³-hybridized carbons (Fsp3) is 0.444. The summed E-state index contributed by atoms with van der Waals surface area (Å²) in [6, 6.07) is 5.24. The highest BCUT2D eigenvalue weighted by Crippen LogP contribution is 2.38. The number of benzene rings is 1. The van der Waals surface area contributed by atoms with E-state index in [2.05, 4.69) is 4.98 Å². The second-order valence-corrected chi connectivity index (χ2v) is 7.07. The summed E-state index contributed by atoms with van der Waals surface area (Å²) in [5.41, 5.74) is 1.80. The number of carbonyl (C=O) groups is 1. The highest BCUT2D eigenvalue weighted by molar-refractivity contribution is 6.31. The smallest absolute Gasteiger partial charge is 0.200 e. The van der Waals surface area contributed by atoms with Crippen LogP contribution in [0.15, 0.2) is 23.0 Å². The monoisotopic (exact) mass is 315 g/mol. The number of aromatic amines is 1. The standard InChI is InChI=1S/C18H18ClNO2/c19-12-5-6-14-13(9-12)18(22)17-15(20-14)7-11(8-16(17)21)10-3-1-2-4-10/h5-6,9-11H,1-4,7-8H2,(H,20,22). The van der Waals surface area contributed by atoms with Crippen LogP contribution in [-0.2, 0) is 6.42 Å². The van der Waals surface area contributed by atoms with Crippen LogP contribution in [0.2, 0.25) is 5.02 Å². The van der Waals surface area contributed by atoms with Gasteiger partial charge in [0.1, 0.15) is 0 Å². The van der Waals surface area contributed by atoms with Crippen molar-refractivity contribution in [1.29, 1.82) is 0 Å². The van der Waals surface area contributed by atoms with Crippen LogP contribution in [0.4, 0.5) is 0 Å². The molecule has 0 amide bonds. The zero-order chi connectivity index (χ0) is 15.3. The van der Waals surface area contributed by atoms with Gasteiger partial charge in [-0.3, -0.25) is 9.59 Å². The molecule has 1 N–H and O–H groups in total. The van der Waals surface area contributed by atoms with Gasteiger partial charge in [0.2, 0.25) is 5.43 Å². The molecule has 22 heavy (non-hydrogen) atoms. The van der Waals surface area contributed by atoms with Crippen molar-refractivity contribution >= 4 is 28.3 Å². The van der Waals surface area contributed by atoms with Crippen LogP contribution in [0.25, 0.3) is 10.9 Å². The normalized spacial score (nSPS) is 22.2. The number of carbonyl (C=O) groups excluding carboxylic acids is 1. The fourth-order valence-electron chi connectivity index (χ4n) is 4.19. The van der Waals surface area contributed by atoms with Gasteiger partial charge in [0, 0.05) is 28.0 Å². The molecule has 2 aliphatic rings. The molecule has 1 unspecified atom stereocenters. The zero-order valence-electron chi connectivity index (χ0n) is 12.3. The number of fused-ring (bicyclic) bond motifs is 2. The Kier molecular flexibility index (Phi) is 3.33. The summed E-state index contributed by atoms with van der Waals surface area (Å²) in [4.78, 5) is 28.5. The second kappa shape index (κ2) is 5.24. The van der Waals surface area contributed by atoms with Crippen LogP contribution in [0, 0.1) is 11.8 Å². The van der Waals surface area contributed by atoms with Crippen LogP contribution in [0.1, 0.15) is 48.2 Å². The number of Topliss-reactive ketones (excluding diaryl/α,β-unsaturated/α-hetero) is 1. The van der Waals surface area contributed by atoms with Crippen molar-refractivity contribution in [2.45, 2.75) is 38.5 Å². The van der Waals surface area contributed by atoms with Crippen LogP contribution >= 0.6 is 11.6 Å². The molecule has 114 valence electrons. The lowest BCUT2D eigenvalue weighted by molar-refractivity contribution is 0.0924. The Morgan fingerprint density at radius 1 is 1.05 bits per heavy atom. The number of pyridine rings is 1. The lowest BCUT2D eigenvalue weighted by Crippen LogP contribution is -2.31. The number of hydrogen-bond donors (Lipinski definition) is 1. The second-order valence-electron chi connectivity index (χ2n) is 6.63. The minimum atomic E-state index is -0.166. The molecule has 1 atom stereocenters. The molecule has 1 heterocycles. The molecule has 0 radical (unpaired) electrons. The van der Waals surface area contributed by atoms with Crippen LogP contribution in [0.3, 0.4) is 0 Å². The van der Waals surface area contributed by atoms with Crippen LogP contribution in [0.5, 0.6) is 0 Å². The first-order valence-electron chi connectivity index (χ1n) is 8.01. The summed E-state index contributed by atoms with van der Waals surface area (Å²) in [6.07, 6.45) is 6.33. The fourth-order valence-corrected chi connectivity index (χ4v) is 4.37. The molecular weight excluding hydrogens is 298 g/mol. The Morgan fingerprint density at radius 2 is 1.82 bits per heavy atom. The maximum Gasteiger partial charge on any atom is 0.200 e. The zero-order valence-corrected chi connectivity index (χ0v) is 13.1. The van der Waals surface area contributed by atoms with E-state index in [-0.39, 0.29) is 11.2 Å². The Bertz CT molecular complexity index is 818. The SMILES string of the molecule is O=C1CC(C2CCCC2)Cc2[nH]c3ccc(Cl)cc3c(=O)c21. The number of halogens is 1. The maximum absolute atomic E-state index is 12.7. The van der Waals surface area contributed by atoms with E-state index in [0.29, 0.717) is 34.2 Å². The topological polar surface area (TPSA) is 49.9 Å². The summed E-state index contributed by atoms with van der Waals surface area (Å²) in [7, 11) is 0. The van der Waals surface area contributed by atoms with Gasteiger partial charge in [-0.15, -0.1) is 0 Å². The Morgan fingerprint density at radius 3 is 2.59 bits per heavy atom. The van der Waals surface area contributed by atoms with E-state index < -0.39 is 0 Å². The van der Waals surface area contributed by atoms with Gasteiger partial charge < -0.3 is 4.98 Å². The van der Waals surface area contributed by atoms with Crippen LogP contribution < -0.4 is 5.43 Å². The van der Waals surface area contributed by atoms with Crippen molar-refractivity contribution in [2.24, 2.45) is 11.8 Å². The third kappa shape index (κ3) is 2.19. The van der Waals surface area contributed by atoms with Gasteiger partial charge in [-0.25, -0.2) is 0 Å². The number of rotatable bonds is 1. The molecule has 1 fully saturated rings. The van der Waals surface area contributed by atoms with E-state index in [9.17, 15) is 9.59 Å². The molecule has 4 rings (SSSR count). The number of nitrogens with one attached hydrogen (secondary N) is 1. The molecule has 0 spiro atoms. The summed E-state index contributed by atoms with van der Waals surface area (Å²) >= 11 is 5.98. The molecule has 4 heteroatoms. The first-order chi connectivity index (χ1) is 10.6.